The van der Waals surface area contributed by atoms with Gasteiger partial charge in [0.05, 0.1) is 12.2 Å². The van der Waals surface area contributed by atoms with Gasteiger partial charge in [-0.25, -0.2) is 18.2 Å². The quantitative estimate of drug-likeness (QED) is 0.562. The van der Waals surface area contributed by atoms with Gasteiger partial charge in [0.1, 0.15) is 0 Å². The highest BCUT2D eigenvalue weighted by Crippen LogP contribution is 2.33. The average Bonchev–Trinajstić information content (AvgIpc) is 3.19. The number of rotatable bonds is 7. The highest BCUT2D eigenvalue weighted by atomic mass is 32.2. The highest BCUT2D eigenvalue weighted by Gasteiger charge is 2.34. The van der Waals surface area contributed by atoms with Gasteiger partial charge in [-0.1, -0.05) is 37.5 Å². The van der Waals surface area contributed by atoms with E-state index in [9.17, 15) is 18.0 Å². The number of urea groups is 1. The van der Waals surface area contributed by atoms with Crippen molar-refractivity contribution in [2.75, 3.05) is 5.32 Å². The van der Waals surface area contributed by atoms with Gasteiger partial charge in [0.2, 0.25) is 5.91 Å². The molecular weight excluding hydrogens is 438 g/mol. The fraction of sp³-hybridized carbons (Fsp3) is 0.750. The standard InChI is InChI=1S/C20H33N5O4S2/c1-13-8-10-16(11-9-13)25(15-6-4-3-5-7-15)20(27)23-19-22-12-17(30-19)31(28,29)24-14(2)18(21)26/h12-16,24H,3-11H2,1-2H3,(H2,21,26)(H,22,23,27). The first-order valence-corrected chi connectivity index (χ1v) is 13.3. The van der Waals surface area contributed by atoms with Crippen molar-refractivity contribution in [3.05, 3.63) is 6.20 Å². The Hall–Kier alpha value is -1.72. The van der Waals surface area contributed by atoms with E-state index in [1.165, 1.54) is 19.5 Å². The molecule has 0 spiro atoms. The zero-order valence-corrected chi connectivity index (χ0v) is 19.8. The van der Waals surface area contributed by atoms with Gasteiger partial charge in [0, 0.05) is 12.1 Å². The molecule has 1 heterocycles. The van der Waals surface area contributed by atoms with Gasteiger partial charge in [0.25, 0.3) is 10.0 Å². The lowest BCUT2D eigenvalue weighted by Crippen LogP contribution is -2.51. The van der Waals surface area contributed by atoms with E-state index in [-0.39, 0.29) is 27.5 Å². The second-order valence-electron chi connectivity index (χ2n) is 8.77. The molecule has 0 radical (unpaired) electrons. The van der Waals surface area contributed by atoms with Gasteiger partial charge < -0.3 is 10.6 Å². The topological polar surface area (TPSA) is 134 Å². The number of hydrogen-bond acceptors (Lipinski definition) is 6. The van der Waals surface area contributed by atoms with Gasteiger partial charge in [0.15, 0.2) is 9.34 Å². The summed E-state index contributed by atoms with van der Waals surface area (Å²) in [5.41, 5.74) is 5.14. The molecule has 1 atom stereocenters. The van der Waals surface area contributed by atoms with E-state index >= 15 is 0 Å². The first kappa shape index (κ1) is 23.9. The van der Waals surface area contributed by atoms with E-state index in [0.717, 1.165) is 62.7 Å². The Kier molecular flexibility index (Phi) is 7.92. The third-order valence-corrected chi connectivity index (χ3v) is 9.22. The monoisotopic (exact) mass is 471 g/mol. The molecule has 0 aliphatic heterocycles. The molecule has 0 bridgehead atoms. The van der Waals surface area contributed by atoms with E-state index < -0.39 is 22.0 Å². The Morgan fingerprint density at radius 2 is 1.74 bits per heavy atom. The molecule has 31 heavy (non-hydrogen) atoms. The molecular formula is C20H33N5O4S2. The summed E-state index contributed by atoms with van der Waals surface area (Å²) in [4.78, 5) is 30.5. The maximum absolute atomic E-state index is 13.3. The number of hydrogen-bond donors (Lipinski definition) is 3. The van der Waals surface area contributed by atoms with E-state index in [1.54, 1.807) is 0 Å². The number of nitrogens with two attached hydrogens (primary N) is 1. The molecule has 2 saturated carbocycles. The number of nitrogens with one attached hydrogen (secondary N) is 2. The summed E-state index contributed by atoms with van der Waals surface area (Å²) in [5.74, 6) is -0.0823. The zero-order chi connectivity index (χ0) is 22.6. The summed E-state index contributed by atoms with van der Waals surface area (Å²) in [7, 11) is -3.95. The first-order chi connectivity index (χ1) is 14.7. The van der Waals surface area contributed by atoms with Crippen molar-refractivity contribution in [1.29, 1.82) is 0 Å². The number of sulfonamides is 1. The second kappa shape index (κ2) is 10.3. The smallest absolute Gasteiger partial charge is 0.324 e. The van der Waals surface area contributed by atoms with Gasteiger partial charge in [-0.3, -0.25) is 10.1 Å². The Labute approximate surface area is 188 Å². The van der Waals surface area contributed by atoms with Crippen LogP contribution in [0.2, 0.25) is 0 Å². The van der Waals surface area contributed by atoms with Crippen LogP contribution >= 0.6 is 11.3 Å². The van der Waals surface area contributed by atoms with Crippen LogP contribution in [0.25, 0.3) is 0 Å². The van der Waals surface area contributed by atoms with Crippen LogP contribution in [0.5, 0.6) is 0 Å². The molecule has 174 valence electrons. The van der Waals surface area contributed by atoms with E-state index in [0.29, 0.717) is 5.92 Å². The lowest BCUT2D eigenvalue weighted by atomic mass is 9.84. The van der Waals surface area contributed by atoms with Crippen molar-refractivity contribution in [3.8, 4) is 0 Å². The van der Waals surface area contributed by atoms with Crippen LogP contribution in [0, 0.1) is 5.92 Å². The van der Waals surface area contributed by atoms with Gasteiger partial charge in [-0.2, -0.15) is 4.72 Å². The zero-order valence-electron chi connectivity index (χ0n) is 18.2. The van der Waals surface area contributed by atoms with Crippen molar-refractivity contribution < 1.29 is 18.0 Å². The minimum Gasteiger partial charge on any atom is -0.368 e. The largest absolute Gasteiger partial charge is 0.368 e. The summed E-state index contributed by atoms with van der Waals surface area (Å²) < 4.78 is 27.0. The molecule has 1 aromatic heterocycles. The molecule has 11 heteroatoms. The normalized spacial score (nSPS) is 23.8. The van der Waals surface area contributed by atoms with E-state index in [1.807, 2.05) is 4.90 Å². The maximum atomic E-state index is 13.3. The average molecular weight is 472 g/mol. The molecule has 2 aliphatic rings. The van der Waals surface area contributed by atoms with Crippen molar-refractivity contribution in [1.82, 2.24) is 14.6 Å². The summed E-state index contributed by atoms with van der Waals surface area (Å²) in [6.07, 6.45) is 10.9. The molecule has 2 fully saturated rings. The van der Waals surface area contributed by atoms with E-state index in [2.05, 4.69) is 21.9 Å². The summed E-state index contributed by atoms with van der Waals surface area (Å²) in [6, 6.07) is -0.821. The van der Waals surface area contributed by atoms with Crippen LogP contribution in [0.15, 0.2) is 10.4 Å². The number of thiazole rings is 1. The lowest BCUT2D eigenvalue weighted by molar-refractivity contribution is -0.119. The van der Waals surface area contributed by atoms with Gasteiger partial charge in [-0.05, 0) is 51.4 Å². The molecule has 2 aliphatic carbocycles. The van der Waals surface area contributed by atoms with E-state index in [4.69, 9.17) is 5.73 Å². The maximum Gasteiger partial charge on any atom is 0.324 e. The molecule has 0 aromatic carbocycles. The van der Waals surface area contributed by atoms with Crippen molar-refractivity contribution in [2.24, 2.45) is 11.7 Å². The molecule has 1 unspecified atom stereocenters. The molecule has 0 saturated heterocycles. The van der Waals surface area contributed by atoms with Gasteiger partial charge in [-0.15, -0.1) is 0 Å². The molecule has 1 aromatic rings. The molecule has 3 amide bonds. The summed E-state index contributed by atoms with van der Waals surface area (Å²) in [5, 5.41) is 3.05. The lowest BCUT2D eigenvalue weighted by Gasteiger charge is -2.42. The Balaban J connectivity index is 1.72. The minimum atomic E-state index is -3.95. The number of carbonyl (C=O) groups excluding carboxylic acids is 2. The van der Waals surface area contributed by atoms with Crippen LogP contribution in [-0.2, 0) is 14.8 Å². The number of anilines is 1. The molecule has 3 rings (SSSR count). The highest BCUT2D eigenvalue weighted by molar-refractivity contribution is 7.91. The number of amides is 3. The molecule has 4 N–H and O–H groups in total. The van der Waals surface area contributed by atoms with Gasteiger partial charge >= 0.3 is 6.03 Å². The first-order valence-electron chi connectivity index (χ1n) is 11.0. The number of carbonyl (C=O) groups is 2. The SMILES string of the molecule is CC1CCC(N(C(=O)Nc2ncc(S(=O)(=O)NC(C)C(N)=O)s2)C2CCCCC2)CC1. The summed E-state index contributed by atoms with van der Waals surface area (Å²) in [6.45, 7) is 3.63. The predicted octanol–water partition coefficient (Wildman–Crippen LogP) is 3.04. The fourth-order valence-electron chi connectivity index (χ4n) is 4.46. The number of primary amides is 1. The van der Waals surface area contributed by atoms with Crippen LogP contribution in [0.4, 0.5) is 9.93 Å². The third-order valence-electron chi connectivity index (χ3n) is 6.30. The van der Waals surface area contributed by atoms with Crippen molar-refractivity contribution in [2.45, 2.75) is 94.0 Å². The van der Waals surface area contributed by atoms with Crippen LogP contribution in [0.3, 0.4) is 0 Å². The van der Waals surface area contributed by atoms with Crippen LogP contribution < -0.4 is 15.8 Å². The van der Waals surface area contributed by atoms with Crippen LogP contribution in [0.1, 0.15) is 71.6 Å². The molecule has 9 nitrogen and oxygen atoms in total. The number of nitrogens with zero attached hydrogens (tertiary/aromatic N) is 2. The van der Waals surface area contributed by atoms with Crippen LogP contribution in [-0.4, -0.2) is 48.4 Å². The second-order valence-corrected chi connectivity index (χ2v) is 11.7. The van der Waals surface area contributed by atoms with Crippen molar-refractivity contribution >= 4 is 38.4 Å². The Bertz CT molecular complexity index is 874. The van der Waals surface area contributed by atoms with Crippen molar-refractivity contribution in [3.63, 3.8) is 0 Å². The number of aromatic nitrogens is 1. The Morgan fingerprint density at radius 1 is 1.13 bits per heavy atom. The summed E-state index contributed by atoms with van der Waals surface area (Å²) >= 11 is 0.861. The third kappa shape index (κ3) is 6.17. The fourth-order valence-corrected chi connectivity index (χ4v) is 6.70. The minimum absolute atomic E-state index is 0.0772. The Morgan fingerprint density at radius 3 is 2.35 bits per heavy atom. The predicted molar refractivity (Wildman–Crippen MR) is 120 cm³/mol.